The fourth-order valence-corrected chi connectivity index (χ4v) is 3.38. The van der Waals surface area contributed by atoms with Crippen molar-refractivity contribution in [1.29, 1.82) is 0 Å². The third-order valence-electron chi connectivity index (χ3n) is 4.81. The number of hydrogen-bond acceptors (Lipinski definition) is 4. The average Bonchev–Trinajstić information content (AvgIpc) is 2.77. The van der Waals surface area contributed by atoms with Gasteiger partial charge in [0.25, 0.3) is 0 Å². The van der Waals surface area contributed by atoms with Crippen LogP contribution in [-0.4, -0.2) is 21.3 Å². The molecule has 0 amide bonds. The topological polar surface area (TPSA) is 39.7 Å². The molecule has 4 nitrogen and oxygen atoms in total. The zero-order valence-electron chi connectivity index (χ0n) is 16.6. The van der Waals surface area contributed by atoms with E-state index in [1.165, 1.54) is 11.1 Å². The summed E-state index contributed by atoms with van der Waals surface area (Å²) in [6.45, 7) is 0.649. The molecule has 146 valence electrons. The maximum absolute atomic E-state index is 5.62. The number of ether oxygens (including phenoxy) is 3. The molecule has 0 aliphatic heterocycles. The van der Waals surface area contributed by atoms with E-state index >= 15 is 0 Å². The third kappa shape index (κ3) is 4.65. The van der Waals surface area contributed by atoms with E-state index in [2.05, 4.69) is 53.8 Å². The van der Waals surface area contributed by atoms with E-state index in [9.17, 15) is 0 Å². The lowest BCUT2D eigenvalue weighted by molar-refractivity contribution is 0.321. The maximum Gasteiger partial charge on any atom is 0.203 e. The van der Waals surface area contributed by atoms with Crippen LogP contribution in [0.25, 0.3) is 0 Å². The molecule has 3 rings (SSSR count). The van der Waals surface area contributed by atoms with E-state index in [1.54, 1.807) is 21.3 Å². The van der Waals surface area contributed by atoms with Crippen LogP contribution >= 0.6 is 0 Å². The smallest absolute Gasteiger partial charge is 0.203 e. The second-order valence-corrected chi connectivity index (χ2v) is 6.53. The minimum Gasteiger partial charge on any atom is -0.493 e. The quantitative estimate of drug-likeness (QED) is 0.582. The Kier molecular flexibility index (Phi) is 6.93. The number of benzene rings is 3. The van der Waals surface area contributed by atoms with Gasteiger partial charge >= 0.3 is 0 Å². The first-order valence-corrected chi connectivity index (χ1v) is 9.37. The van der Waals surface area contributed by atoms with Crippen molar-refractivity contribution in [3.05, 3.63) is 89.5 Å². The van der Waals surface area contributed by atoms with Crippen molar-refractivity contribution in [3.8, 4) is 17.2 Å². The summed E-state index contributed by atoms with van der Waals surface area (Å²) in [5.41, 5.74) is 3.57. The largest absolute Gasteiger partial charge is 0.493 e. The van der Waals surface area contributed by atoms with Gasteiger partial charge < -0.3 is 19.5 Å². The molecule has 3 aromatic carbocycles. The van der Waals surface area contributed by atoms with Gasteiger partial charge in [0.1, 0.15) is 0 Å². The van der Waals surface area contributed by atoms with Gasteiger partial charge in [-0.05, 0) is 23.6 Å². The standard InChI is InChI=1S/C24H27NO3/c1-26-22-15-14-20(23(27-2)24(22)28-3)17-25-21(19-12-8-5-9-13-19)16-18-10-6-4-7-11-18/h4-15,21,25H,16-17H2,1-3H3/t21-/m0/s1. The van der Waals surface area contributed by atoms with Crippen molar-refractivity contribution in [2.45, 2.75) is 19.0 Å². The first-order chi connectivity index (χ1) is 13.8. The molecule has 3 aromatic rings. The summed E-state index contributed by atoms with van der Waals surface area (Å²) < 4.78 is 16.5. The van der Waals surface area contributed by atoms with Crippen molar-refractivity contribution >= 4 is 0 Å². The Morgan fingerprint density at radius 3 is 1.96 bits per heavy atom. The molecule has 0 aliphatic rings. The highest BCUT2D eigenvalue weighted by molar-refractivity contribution is 5.55. The van der Waals surface area contributed by atoms with Gasteiger partial charge in [-0.15, -0.1) is 0 Å². The van der Waals surface area contributed by atoms with Crippen molar-refractivity contribution in [2.24, 2.45) is 0 Å². The lowest BCUT2D eigenvalue weighted by Crippen LogP contribution is -2.23. The van der Waals surface area contributed by atoms with Gasteiger partial charge in [-0.25, -0.2) is 0 Å². The summed E-state index contributed by atoms with van der Waals surface area (Å²) in [4.78, 5) is 0. The zero-order valence-corrected chi connectivity index (χ0v) is 16.6. The van der Waals surface area contributed by atoms with Gasteiger partial charge in [-0.3, -0.25) is 0 Å². The molecule has 1 atom stereocenters. The van der Waals surface area contributed by atoms with Crippen LogP contribution < -0.4 is 19.5 Å². The van der Waals surface area contributed by atoms with E-state index in [-0.39, 0.29) is 6.04 Å². The van der Waals surface area contributed by atoms with Crippen LogP contribution in [0.1, 0.15) is 22.7 Å². The molecule has 0 saturated heterocycles. The summed E-state index contributed by atoms with van der Waals surface area (Å²) >= 11 is 0. The van der Waals surface area contributed by atoms with E-state index < -0.39 is 0 Å². The Labute approximate surface area is 167 Å². The van der Waals surface area contributed by atoms with Crippen LogP contribution in [0.15, 0.2) is 72.8 Å². The van der Waals surface area contributed by atoms with Crippen LogP contribution in [0.2, 0.25) is 0 Å². The van der Waals surface area contributed by atoms with Crippen molar-refractivity contribution in [1.82, 2.24) is 5.32 Å². The minimum absolute atomic E-state index is 0.182. The summed E-state index contributed by atoms with van der Waals surface area (Å²) in [7, 11) is 4.90. The van der Waals surface area contributed by atoms with Crippen molar-refractivity contribution < 1.29 is 14.2 Å². The number of nitrogens with one attached hydrogen (secondary N) is 1. The fraction of sp³-hybridized carbons (Fsp3) is 0.250. The summed E-state index contributed by atoms with van der Waals surface area (Å²) in [5, 5.41) is 3.69. The van der Waals surface area contributed by atoms with Crippen LogP contribution in [0, 0.1) is 0 Å². The van der Waals surface area contributed by atoms with Gasteiger partial charge in [0, 0.05) is 18.2 Å². The molecule has 4 heteroatoms. The summed E-state index contributed by atoms with van der Waals surface area (Å²) in [6.07, 6.45) is 0.903. The summed E-state index contributed by atoms with van der Waals surface area (Å²) in [5.74, 6) is 1.97. The SMILES string of the molecule is COc1ccc(CN[C@@H](Cc2ccccc2)c2ccccc2)c(OC)c1OC. The highest BCUT2D eigenvalue weighted by Gasteiger charge is 2.18. The molecule has 0 aromatic heterocycles. The maximum atomic E-state index is 5.62. The molecular formula is C24H27NO3. The van der Waals surface area contributed by atoms with E-state index in [0.29, 0.717) is 23.8 Å². The molecule has 0 bridgehead atoms. The fourth-order valence-electron chi connectivity index (χ4n) is 3.38. The highest BCUT2D eigenvalue weighted by Crippen LogP contribution is 2.39. The molecule has 0 radical (unpaired) electrons. The van der Waals surface area contributed by atoms with Crippen LogP contribution in [0.5, 0.6) is 17.2 Å². The number of rotatable bonds is 9. The predicted octanol–water partition coefficient (Wildman–Crippen LogP) is 4.79. The Bertz CT molecular complexity index is 866. The molecule has 0 fully saturated rings. The average molecular weight is 377 g/mol. The molecule has 1 N–H and O–H groups in total. The first-order valence-electron chi connectivity index (χ1n) is 9.37. The molecule has 0 saturated carbocycles. The third-order valence-corrected chi connectivity index (χ3v) is 4.81. The predicted molar refractivity (Wildman–Crippen MR) is 112 cm³/mol. The van der Waals surface area contributed by atoms with Gasteiger partial charge in [0.2, 0.25) is 5.75 Å². The lowest BCUT2D eigenvalue weighted by Gasteiger charge is -2.21. The molecule has 0 aliphatic carbocycles. The Balaban J connectivity index is 1.84. The van der Waals surface area contributed by atoms with Gasteiger partial charge in [0.05, 0.1) is 21.3 Å². The van der Waals surface area contributed by atoms with Crippen LogP contribution in [0.3, 0.4) is 0 Å². The Hall–Kier alpha value is -2.98. The van der Waals surface area contributed by atoms with Gasteiger partial charge in [-0.2, -0.15) is 0 Å². The van der Waals surface area contributed by atoms with E-state index in [1.807, 2.05) is 24.3 Å². The second-order valence-electron chi connectivity index (χ2n) is 6.53. The Morgan fingerprint density at radius 2 is 1.36 bits per heavy atom. The van der Waals surface area contributed by atoms with E-state index in [4.69, 9.17) is 14.2 Å². The number of hydrogen-bond donors (Lipinski definition) is 1. The molecular weight excluding hydrogens is 350 g/mol. The van der Waals surface area contributed by atoms with Gasteiger partial charge in [0.15, 0.2) is 11.5 Å². The highest BCUT2D eigenvalue weighted by atomic mass is 16.5. The zero-order chi connectivity index (χ0) is 19.8. The lowest BCUT2D eigenvalue weighted by atomic mass is 9.98. The first kappa shape index (κ1) is 19.8. The van der Waals surface area contributed by atoms with Crippen molar-refractivity contribution in [3.63, 3.8) is 0 Å². The minimum atomic E-state index is 0.182. The normalized spacial score (nSPS) is 11.7. The second kappa shape index (κ2) is 9.81. The van der Waals surface area contributed by atoms with E-state index in [0.717, 1.165) is 12.0 Å². The van der Waals surface area contributed by atoms with Crippen LogP contribution in [0.4, 0.5) is 0 Å². The van der Waals surface area contributed by atoms with Crippen molar-refractivity contribution in [2.75, 3.05) is 21.3 Å². The number of methoxy groups -OCH3 is 3. The molecule has 0 spiro atoms. The summed E-state index contributed by atoms with van der Waals surface area (Å²) in [6, 6.07) is 25.1. The molecule has 0 unspecified atom stereocenters. The molecule has 28 heavy (non-hydrogen) atoms. The van der Waals surface area contributed by atoms with Gasteiger partial charge in [-0.1, -0.05) is 66.7 Å². The monoisotopic (exact) mass is 377 g/mol. The van der Waals surface area contributed by atoms with Crippen LogP contribution in [-0.2, 0) is 13.0 Å². The Morgan fingerprint density at radius 1 is 0.714 bits per heavy atom. The molecule has 0 heterocycles.